The number of anilines is 1. The minimum absolute atomic E-state index is 0.0208. The van der Waals surface area contributed by atoms with Crippen molar-refractivity contribution in [1.82, 2.24) is 0 Å². The van der Waals surface area contributed by atoms with Gasteiger partial charge in [0.25, 0.3) is 5.91 Å². The van der Waals surface area contributed by atoms with Crippen molar-refractivity contribution in [1.29, 1.82) is 0 Å². The summed E-state index contributed by atoms with van der Waals surface area (Å²) in [5.41, 5.74) is -0.831. The Hall–Kier alpha value is -1.92. The third-order valence-corrected chi connectivity index (χ3v) is 3.55. The predicted octanol–water partition coefficient (Wildman–Crippen LogP) is 5.42. The van der Waals surface area contributed by atoms with E-state index in [1.165, 1.54) is 31.2 Å². The molecule has 0 aliphatic carbocycles. The molecule has 1 atom stereocenters. The van der Waals surface area contributed by atoms with Gasteiger partial charge in [-0.3, -0.25) is 4.79 Å². The lowest BCUT2D eigenvalue weighted by atomic mass is 10.2. The molecule has 0 saturated heterocycles. The molecule has 24 heavy (non-hydrogen) atoms. The summed E-state index contributed by atoms with van der Waals surface area (Å²) in [5, 5.41) is 3.01. The molecule has 128 valence electrons. The van der Waals surface area contributed by atoms with E-state index in [-0.39, 0.29) is 16.5 Å². The molecular weight excluding hydrogens is 366 g/mol. The Morgan fingerprint density at radius 2 is 1.88 bits per heavy atom. The molecule has 2 aromatic rings. The Labute approximate surface area is 146 Å². The van der Waals surface area contributed by atoms with Crippen LogP contribution in [0.15, 0.2) is 42.5 Å². The van der Waals surface area contributed by atoms with Gasteiger partial charge in [-0.25, -0.2) is 0 Å². The van der Waals surface area contributed by atoms with Crippen molar-refractivity contribution in [2.45, 2.75) is 19.2 Å². The molecule has 0 spiro atoms. The summed E-state index contributed by atoms with van der Waals surface area (Å²) in [7, 11) is 0. The van der Waals surface area contributed by atoms with Gasteiger partial charge in [0.1, 0.15) is 5.75 Å². The first-order valence-electron chi connectivity index (χ1n) is 6.76. The van der Waals surface area contributed by atoms with E-state index in [1.807, 2.05) is 0 Å². The van der Waals surface area contributed by atoms with Crippen molar-refractivity contribution in [3.63, 3.8) is 0 Å². The average molecular weight is 378 g/mol. The van der Waals surface area contributed by atoms with Crippen molar-refractivity contribution in [2.75, 3.05) is 5.32 Å². The zero-order valence-electron chi connectivity index (χ0n) is 12.3. The molecule has 0 heterocycles. The Balaban J connectivity index is 2.06. The summed E-state index contributed by atoms with van der Waals surface area (Å²) in [4.78, 5) is 12.1. The summed E-state index contributed by atoms with van der Waals surface area (Å²) in [5.74, 6) is -0.367. The summed E-state index contributed by atoms with van der Waals surface area (Å²) >= 11 is 11.7. The summed E-state index contributed by atoms with van der Waals surface area (Å²) in [6.07, 6.45) is -5.46. The number of ether oxygens (including phenoxy) is 1. The number of benzene rings is 2. The molecule has 1 unspecified atom stereocenters. The Morgan fingerprint density at radius 3 is 2.50 bits per heavy atom. The molecule has 1 amide bonds. The van der Waals surface area contributed by atoms with E-state index < -0.39 is 23.8 Å². The largest absolute Gasteiger partial charge is 0.479 e. The molecule has 1 N–H and O–H groups in total. The number of halogens is 5. The van der Waals surface area contributed by atoms with Gasteiger partial charge in [-0.05, 0) is 43.3 Å². The maximum absolute atomic E-state index is 12.7. The van der Waals surface area contributed by atoms with Crippen LogP contribution in [0.1, 0.15) is 12.5 Å². The quantitative estimate of drug-likeness (QED) is 0.772. The average Bonchev–Trinajstić information content (AvgIpc) is 2.49. The minimum atomic E-state index is -4.49. The van der Waals surface area contributed by atoms with Crippen LogP contribution in [0.5, 0.6) is 5.75 Å². The van der Waals surface area contributed by atoms with Crippen LogP contribution >= 0.6 is 23.2 Å². The SMILES string of the molecule is CC(Oc1ccc(Cl)cc1Cl)C(=O)Nc1cccc(C(F)(F)F)c1. The van der Waals surface area contributed by atoms with Crippen LogP contribution in [0.2, 0.25) is 10.0 Å². The molecule has 2 aromatic carbocycles. The van der Waals surface area contributed by atoms with Crippen molar-refractivity contribution >= 4 is 34.8 Å². The van der Waals surface area contributed by atoms with Crippen LogP contribution in [0.25, 0.3) is 0 Å². The van der Waals surface area contributed by atoms with E-state index in [1.54, 1.807) is 6.07 Å². The second-order valence-electron chi connectivity index (χ2n) is 4.90. The minimum Gasteiger partial charge on any atom is -0.479 e. The van der Waals surface area contributed by atoms with E-state index >= 15 is 0 Å². The van der Waals surface area contributed by atoms with Crippen LogP contribution in [0.4, 0.5) is 18.9 Å². The van der Waals surface area contributed by atoms with Gasteiger partial charge in [-0.2, -0.15) is 13.2 Å². The topological polar surface area (TPSA) is 38.3 Å². The molecule has 8 heteroatoms. The number of nitrogens with one attached hydrogen (secondary N) is 1. The first-order chi connectivity index (χ1) is 11.2. The first kappa shape index (κ1) is 18.4. The highest BCUT2D eigenvalue weighted by molar-refractivity contribution is 6.35. The lowest BCUT2D eigenvalue weighted by Gasteiger charge is -2.16. The van der Waals surface area contributed by atoms with Gasteiger partial charge in [-0.1, -0.05) is 29.3 Å². The number of rotatable bonds is 4. The Morgan fingerprint density at radius 1 is 1.17 bits per heavy atom. The normalized spacial score (nSPS) is 12.6. The molecule has 2 rings (SSSR count). The van der Waals surface area contributed by atoms with Crippen molar-refractivity contribution in [3.8, 4) is 5.75 Å². The molecule has 0 radical (unpaired) electrons. The van der Waals surface area contributed by atoms with Crippen LogP contribution < -0.4 is 10.1 Å². The fourth-order valence-corrected chi connectivity index (χ4v) is 2.28. The van der Waals surface area contributed by atoms with E-state index in [0.29, 0.717) is 5.02 Å². The maximum Gasteiger partial charge on any atom is 0.416 e. The van der Waals surface area contributed by atoms with E-state index in [2.05, 4.69) is 5.32 Å². The third kappa shape index (κ3) is 4.79. The zero-order chi connectivity index (χ0) is 17.9. The molecule has 0 saturated carbocycles. The molecule has 0 aliphatic rings. The fourth-order valence-electron chi connectivity index (χ4n) is 1.83. The fraction of sp³-hybridized carbons (Fsp3) is 0.188. The highest BCUT2D eigenvalue weighted by atomic mass is 35.5. The van der Waals surface area contributed by atoms with Gasteiger partial charge >= 0.3 is 6.18 Å². The second kappa shape index (κ2) is 7.32. The lowest BCUT2D eigenvalue weighted by Crippen LogP contribution is -2.30. The monoisotopic (exact) mass is 377 g/mol. The Bertz CT molecular complexity index is 750. The summed E-state index contributed by atoms with van der Waals surface area (Å²) < 4.78 is 43.4. The van der Waals surface area contributed by atoms with Crippen molar-refractivity contribution < 1.29 is 22.7 Å². The first-order valence-corrected chi connectivity index (χ1v) is 7.52. The molecule has 0 aliphatic heterocycles. The van der Waals surface area contributed by atoms with Gasteiger partial charge in [0.15, 0.2) is 6.10 Å². The van der Waals surface area contributed by atoms with E-state index in [9.17, 15) is 18.0 Å². The van der Waals surface area contributed by atoms with Crippen LogP contribution in [0.3, 0.4) is 0 Å². The number of amides is 1. The van der Waals surface area contributed by atoms with Crippen LogP contribution in [-0.4, -0.2) is 12.0 Å². The standard InChI is InChI=1S/C16H12Cl2F3NO2/c1-9(24-14-6-5-11(17)8-13(14)18)15(23)22-12-4-2-3-10(7-12)16(19,20)21/h2-9H,1H3,(H,22,23). The van der Waals surface area contributed by atoms with Crippen molar-refractivity contribution in [3.05, 3.63) is 58.1 Å². The number of alkyl halides is 3. The highest BCUT2D eigenvalue weighted by Gasteiger charge is 2.30. The predicted molar refractivity (Wildman–Crippen MR) is 86.6 cm³/mol. The van der Waals surface area contributed by atoms with Crippen molar-refractivity contribution in [2.24, 2.45) is 0 Å². The molecule has 0 bridgehead atoms. The van der Waals surface area contributed by atoms with Gasteiger partial charge < -0.3 is 10.1 Å². The number of hydrogen-bond acceptors (Lipinski definition) is 2. The van der Waals surface area contributed by atoms with Gasteiger partial charge in [-0.15, -0.1) is 0 Å². The number of carbonyl (C=O) groups is 1. The maximum atomic E-state index is 12.7. The zero-order valence-corrected chi connectivity index (χ0v) is 13.8. The smallest absolute Gasteiger partial charge is 0.416 e. The molecule has 0 aromatic heterocycles. The Kier molecular flexibility index (Phi) is 5.62. The molecule has 3 nitrogen and oxygen atoms in total. The van der Waals surface area contributed by atoms with Crippen LogP contribution in [0, 0.1) is 0 Å². The highest BCUT2D eigenvalue weighted by Crippen LogP contribution is 2.31. The van der Waals surface area contributed by atoms with Gasteiger partial charge in [0, 0.05) is 10.7 Å². The summed E-state index contributed by atoms with van der Waals surface area (Å²) in [6, 6.07) is 8.83. The number of hydrogen-bond donors (Lipinski definition) is 1. The molecule has 0 fully saturated rings. The third-order valence-electron chi connectivity index (χ3n) is 3.02. The van der Waals surface area contributed by atoms with Gasteiger partial charge in [0.05, 0.1) is 10.6 Å². The van der Waals surface area contributed by atoms with E-state index in [0.717, 1.165) is 12.1 Å². The summed E-state index contributed by atoms with van der Waals surface area (Å²) in [6.45, 7) is 1.45. The lowest BCUT2D eigenvalue weighted by molar-refractivity contribution is -0.137. The van der Waals surface area contributed by atoms with E-state index in [4.69, 9.17) is 27.9 Å². The second-order valence-corrected chi connectivity index (χ2v) is 5.75. The molecular formula is C16H12Cl2F3NO2. The van der Waals surface area contributed by atoms with Gasteiger partial charge in [0.2, 0.25) is 0 Å². The number of carbonyl (C=O) groups excluding carboxylic acids is 1. The van der Waals surface area contributed by atoms with Crippen LogP contribution in [-0.2, 0) is 11.0 Å².